The Kier molecular flexibility index (Phi) is 6.34. The number of rotatable bonds is 5. The summed E-state index contributed by atoms with van der Waals surface area (Å²) in [5.74, 6) is 0.223. The average molecular weight is 375 g/mol. The number of anilines is 1. The van der Waals surface area contributed by atoms with Gasteiger partial charge in [-0.3, -0.25) is 4.79 Å². The quantitative estimate of drug-likeness (QED) is 0.623. The highest BCUT2D eigenvalue weighted by Gasteiger charge is 2.26. The number of hydrogen-bond acceptors (Lipinski definition) is 2. The van der Waals surface area contributed by atoms with Crippen LogP contribution in [0.15, 0.2) is 48.8 Å². The number of carbonyl (C=O) groups is 1. The summed E-state index contributed by atoms with van der Waals surface area (Å²) in [6.45, 7) is 3.26. The number of para-hydroxylation sites is 1. The number of benzene rings is 1. The molecule has 0 amide bonds. The standard InChI is InChI=1S/C19H22N2O.BrH/c1-2-3-6-11-21-12-7-8-15(14-21)18-13-19(22)16-9-4-5-10-17(16)20-18;/h4-5,7-10,12,14,18H,2-3,6,11,13H2,1H3;1H. The van der Waals surface area contributed by atoms with E-state index in [9.17, 15) is 4.79 Å². The van der Waals surface area contributed by atoms with Crippen molar-refractivity contribution >= 4 is 11.5 Å². The largest absolute Gasteiger partial charge is 1.00 e. The normalized spacial score (nSPS) is 16.2. The van der Waals surface area contributed by atoms with Gasteiger partial charge in [0.1, 0.15) is 6.54 Å². The fraction of sp³-hybridized carbons (Fsp3) is 0.368. The van der Waals surface area contributed by atoms with Gasteiger partial charge in [0.2, 0.25) is 0 Å². The summed E-state index contributed by atoms with van der Waals surface area (Å²) in [5.41, 5.74) is 2.94. The van der Waals surface area contributed by atoms with Gasteiger partial charge in [-0.15, -0.1) is 0 Å². The molecule has 0 bridgehead atoms. The first kappa shape index (κ1) is 17.7. The topological polar surface area (TPSA) is 33.0 Å². The number of hydrogen-bond donors (Lipinski definition) is 1. The Bertz CT molecular complexity index is 672. The van der Waals surface area contributed by atoms with Crippen LogP contribution in [0.3, 0.4) is 0 Å². The number of nitrogens with one attached hydrogen (secondary N) is 1. The van der Waals surface area contributed by atoms with Crippen LogP contribution < -0.4 is 26.9 Å². The van der Waals surface area contributed by atoms with Crippen molar-refractivity contribution in [3.63, 3.8) is 0 Å². The fourth-order valence-corrected chi connectivity index (χ4v) is 3.02. The maximum atomic E-state index is 12.3. The minimum atomic E-state index is 0. The number of carbonyl (C=O) groups excluding carboxylic acids is 1. The molecule has 1 aliphatic rings. The maximum absolute atomic E-state index is 12.3. The first-order chi connectivity index (χ1) is 10.8. The first-order valence-corrected chi connectivity index (χ1v) is 8.15. The second-order valence-electron chi connectivity index (χ2n) is 5.95. The summed E-state index contributed by atoms with van der Waals surface area (Å²) in [7, 11) is 0. The molecule has 0 radical (unpaired) electrons. The van der Waals surface area contributed by atoms with Crippen molar-refractivity contribution in [2.45, 2.75) is 45.2 Å². The van der Waals surface area contributed by atoms with E-state index in [1.807, 2.05) is 24.3 Å². The van der Waals surface area contributed by atoms with Crippen LogP contribution >= 0.6 is 0 Å². The third-order valence-corrected chi connectivity index (χ3v) is 4.25. The summed E-state index contributed by atoms with van der Waals surface area (Å²) < 4.78 is 2.23. The molecule has 0 fully saturated rings. The zero-order valence-electron chi connectivity index (χ0n) is 13.5. The van der Waals surface area contributed by atoms with E-state index in [4.69, 9.17) is 0 Å². The molecule has 1 unspecified atom stereocenters. The van der Waals surface area contributed by atoms with Crippen molar-refractivity contribution in [1.82, 2.24) is 0 Å². The number of aryl methyl sites for hydroxylation is 1. The molecule has 1 aromatic heterocycles. The molecule has 1 N–H and O–H groups in total. The molecule has 4 heteroatoms. The van der Waals surface area contributed by atoms with E-state index in [0.29, 0.717) is 6.42 Å². The number of pyridine rings is 1. The second kappa shape index (κ2) is 8.25. The minimum absolute atomic E-state index is 0. The van der Waals surface area contributed by atoms with Gasteiger partial charge in [0.25, 0.3) is 0 Å². The number of fused-ring (bicyclic) bond motifs is 1. The first-order valence-electron chi connectivity index (χ1n) is 8.15. The van der Waals surface area contributed by atoms with Crippen LogP contribution in [0, 0.1) is 0 Å². The van der Waals surface area contributed by atoms with Crippen LogP contribution in [0.4, 0.5) is 5.69 Å². The van der Waals surface area contributed by atoms with Gasteiger partial charge in [0, 0.05) is 35.7 Å². The molecular formula is C19H23BrN2O. The van der Waals surface area contributed by atoms with E-state index in [0.717, 1.165) is 17.8 Å². The minimum Gasteiger partial charge on any atom is -1.00 e. The molecule has 1 atom stereocenters. The Morgan fingerprint density at radius 1 is 1.17 bits per heavy atom. The fourth-order valence-electron chi connectivity index (χ4n) is 3.02. The highest BCUT2D eigenvalue weighted by molar-refractivity contribution is 6.03. The Morgan fingerprint density at radius 2 is 2.00 bits per heavy atom. The summed E-state index contributed by atoms with van der Waals surface area (Å²) in [4.78, 5) is 12.3. The lowest BCUT2D eigenvalue weighted by molar-refractivity contribution is -0.697. The molecule has 23 heavy (non-hydrogen) atoms. The second-order valence-corrected chi connectivity index (χ2v) is 5.95. The molecule has 2 heterocycles. The van der Waals surface area contributed by atoms with Crippen LogP contribution in [0.2, 0.25) is 0 Å². The number of ketones is 1. The van der Waals surface area contributed by atoms with Gasteiger partial charge in [-0.1, -0.05) is 25.5 Å². The third kappa shape index (κ3) is 4.20. The summed E-state index contributed by atoms with van der Waals surface area (Å²) in [6, 6.07) is 12.0. The van der Waals surface area contributed by atoms with Gasteiger partial charge in [0.05, 0.1) is 6.04 Å². The van der Waals surface area contributed by atoms with Gasteiger partial charge in [-0.2, -0.15) is 0 Å². The molecule has 3 rings (SSSR count). The molecule has 0 saturated heterocycles. The van der Waals surface area contributed by atoms with Gasteiger partial charge in [0.15, 0.2) is 18.2 Å². The monoisotopic (exact) mass is 374 g/mol. The summed E-state index contributed by atoms with van der Waals surface area (Å²) in [5, 5.41) is 3.50. The number of halogens is 1. The number of unbranched alkanes of at least 4 members (excludes halogenated alkanes) is 2. The summed E-state index contributed by atoms with van der Waals surface area (Å²) in [6.07, 6.45) is 8.49. The molecule has 1 aliphatic heterocycles. The van der Waals surface area contributed by atoms with Crippen LogP contribution in [-0.2, 0) is 6.54 Å². The predicted molar refractivity (Wildman–Crippen MR) is 87.9 cm³/mol. The zero-order chi connectivity index (χ0) is 15.4. The number of nitrogens with zero attached hydrogens (tertiary/aromatic N) is 1. The van der Waals surface area contributed by atoms with Crippen molar-refractivity contribution in [2.24, 2.45) is 0 Å². The van der Waals surface area contributed by atoms with Crippen molar-refractivity contribution in [3.05, 3.63) is 59.9 Å². The Balaban J connectivity index is 0.00000192. The molecule has 122 valence electrons. The van der Waals surface area contributed by atoms with Gasteiger partial charge in [-0.05, 0) is 24.6 Å². The molecule has 3 nitrogen and oxygen atoms in total. The predicted octanol–water partition coefficient (Wildman–Crippen LogP) is 0.908. The number of Topliss-reactive ketones (excluding diaryl/α,β-unsaturated/α-hetero) is 1. The van der Waals surface area contributed by atoms with E-state index < -0.39 is 0 Å². The van der Waals surface area contributed by atoms with Crippen LogP contribution in [0.5, 0.6) is 0 Å². The molecule has 2 aromatic rings. The van der Waals surface area contributed by atoms with Gasteiger partial charge >= 0.3 is 0 Å². The van der Waals surface area contributed by atoms with E-state index in [-0.39, 0.29) is 28.8 Å². The van der Waals surface area contributed by atoms with E-state index in [2.05, 4.69) is 41.3 Å². The maximum Gasteiger partial charge on any atom is 0.174 e. The lowest BCUT2D eigenvalue weighted by Crippen LogP contribution is -3.00. The van der Waals surface area contributed by atoms with Crippen LogP contribution in [0.25, 0.3) is 0 Å². The Labute approximate surface area is 148 Å². The average Bonchev–Trinajstić information content (AvgIpc) is 2.55. The van der Waals surface area contributed by atoms with Crippen LogP contribution in [0.1, 0.15) is 54.6 Å². The molecule has 1 aromatic carbocycles. The molecule has 0 spiro atoms. The third-order valence-electron chi connectivity index (χ3n) is 4.25. The molecule has 0 aliphatic carbocycles. The van der Waals surface area contributed by atoms with Gasteiger partial charge in [-0.25, -0.2) is 4.57 Å². The highest BCUT2D eigenvalue weighted by atomic mass is 79.9. The Morgan fingerprint density at radius 3 is 2.83 bits per heavy atom. The van der Waals surface area contributed by atoms with Crippen molar-refractivity contribution in [2.75, 3.05) is 5.32 Å². The smallest absolute Gasteiger partial charge is 0.174 e. The molecular weight excluding hydrogens is 352 g/mol. The highest BCUT2D eigenvalue weighted by Crippen LogP contribution is 2.31. The molecule has 0 saturated carbocycles. The lowest BCUT2D eigenvalue weighted by Gasteiger charge is -2.25. The van der Waals surface area contributed by atoms with Crippen molar-refractivity contribution in [3.8, 4) is 0 Å². The zero-order valence-corrected chi connectivity index (χ0v) is 15.1. The van der Waals surface area contributed by atoms with E-state index in [1.54, 1.807) is 0 Å². The van der Waals surface area contributed by atoms with Gasteiger partial charge < -0.3 is 22.3 Å². The van der Waals surface area contributed by atoms with E-state index in [1.165, 1.54) is 24.8 Å². The summed E-state index contributed by atoms with van der Waals surface area (Å²) >= 11 is 0. The van der Waals surface area contributed by atoms with Crippen molar-refractivity contribution < 1.29 is 26.3 Å². The number of aromatic nitrogens is 1. The van der Waals surface area contributed by atoms with Crippen molar-refractivity contribution in [1.29, 1.82) is 0 Å². The SMILES string of the molecule is CCCCC[n+]1cccc(C2CC(=O)c3ccccc3N2)c1.[Br-]. The Hall–Kier alpha value is -1.68. The van der Waals surface area contributed by atoms with Crippen LogP contribution in [-0.4, -0.2) is 5.78 Å². The van der Waals surface area contributed by atoms with E-state index >= 15 is 0 Å². The lowest BCUT2D eigenvalue weighted by atomic mass is 9.93.